The van der Waals surface area contributed by atoms with E-state index in [1.54, 1.807) is 14.2 Å². The third kappa shape index (κ3) is 5.29. The number of hydrogen-bond donors (Lipinski definition) is 1. The summed E-state index contributed by atoms with van der Waals surface area (Å²) in [6.45, 7) is 1.72. The van der Waals surface area contributed by atoms with Crippen LogP contribution in [0.3, 0.4) is 0 Å². The van der Waals surface area contributed by atoms with Crippen molar-refractivity contribution in [1.29, 1.82) is 0 Å². The van der Waals surface area contributed by atoms with Gasteiger partial charge in [0.2, 0.25) is 0 Å². The first-order valence-corrected chi connectivity index (χ1v) is 11.2. The summed E-state index contributed by atoms with van der Waals surface area (Å²) in [6, 6.07) is 23.7. The van der Waals surface area contributed by atoms with Crippen LogP contribution in [0.25, 0.3) is 0 Å². The van der Waals surface area contributed by atoms with E-state index in [2.05, 4.69) is 17.4 Å². The van der Waals surface area contributed by atoms with Crippen molar-refractivity contribution >= 4 is 11.6 Å². The van der Waals surface area contributed by atoms with Crippen molar-refractivity contribution in [2.75, 3.05) is 39.3 Å². The van der Waals surface area contributed by atoms with Crippen LogP contribution in [0.1, 0.15) is 34.1 Å². The van der Waals surface area contributed by atoms with Crippen LogP contribution in [0.5, 0.6) is 11.5 Å². The Morgan fingerprint density at radius 3 is 2.48 bits per heavy atom. The molecule has 0 aromatic heterocycles. The number of benzene rings is 3. The number of nitrogens with one attached hydrogen (secondary N) is 1. The Morgan fingerprint density at radius 1 is 0.909 bits per heavy atom. The highest BCUT2D eigenvalue weighted by molar-refractivity contribution is 6.01. The normalized spacial score (nSPS) is 15.0. The number of amides is 1. The molecule has 0 spiro atoms. The molecule has 0 bridgehead atoms. The van der Waals surface area contributed by atoms with Crippen molar-refractivity contribution in [3.05, 3.63) is 89.5 Å². The lowest BCUT2D eigenvalue weighted by Crippen LogP contribution is -2.43. The SMILES string of the molecule is COCCCN1C(=O)c2ccccc2NC1c1ccc(OCCc2ccccc2)c(OC)c1. The van der Waals surface area contributed by atoms with E-state index in [0.29, 0.717) is 36.8 Å². The van der Waals surface area contributed by atoms with Crippen molar-refractivity contribution in [2.24, 2.45) is 0 Å². The third-order valence-corrected chi connectivity index (χ3v) is 5.76. The minimum absolute atomic E-state index is 0.00704. The zero-order chi connectivity index (χ0) is 23.0. The number of hydrogen-bond acceptors (Lipinski definition) is 5. The summed E-state index contributed by atoms with van der Waals surface area (Å²) in [4.78, 5) is 15.1. The van der Waals surface area contributed by atoms with Gasteiger partial charge in [-0.2, -0.15) is 0 Å². The minimum Gasteiger partial charge on any atom is -0.493 e. The molecule has 1 atom stereocenters. The molecule has 1 amide bonds. The van der Waals surface area contributed by atoms with Crippen LogP contribution in [-0.4, -0.2) is 44.8 Å². The second kappa shape index (κ2) is 10.9. The molecule has 1 aliphatic heterocycles. The Labute approximate surface area is 195 Å². The quantitative estimate of drug-likeness (QED) is 0.448. The van der Waals surface area contributed by atoms with E-state index in [1.807, 2.05) is 65.6 Å². The Balaban J connectivity index is 1.54. The van der Waals surface area contributed by atoms with Gasteiger partial charge in [-0.05, 0) is 41.8 Å². The molecule has 0 radical (unpaired) electrons. The second-order valence-corrected chi connectivity index (χ2v) is 7.93. The molecular formula is C27H30N2O4. The summed E-state index contributed by atoms with van der Waals surface area (Å²) in [5, 5.41) is 3.52. The number of methoxy groups -OCH3 is 2. The number of carbonyl (C=O) groups excluding carboxylic acids is 1. The number of rotatable bonds is 10. The summed E-state index contributed by atoms with van der Waals surface area (Å²) in [7, 11) is 3.30. The Bertz CT molecular complexity index is 1070. The number of ether oxygens (including phenoxy) is 3. The van der Waals surface area contributed by atoms with Gasteiger partial charge >= 0.3 is 0 Å². The van der Waals surface area contributed by atoms with Gasteiger partial charge in [0.15, 0.2) is 11.5 Å². The first-order chi connectivity index (χ1) is 16.2. The van der Waals surface area contributed by atoms with Gasteiger partial charge in [0.05, 0.1) is 19.3 Å². The van der Waals surface area contributed by atoms with Crippen molar-refractivity contribution in [3.8, 4) is 11.5 Å². The minimum atomic E-state index is -0.309. The van der Waals surface area contributed by atoms with E-state index in [9.17, 15) is 4.79 Å². The smallest absolute Gasteiger partial charge is 0.257 e. The van der Waals surface area contributed by atoms with Crippen LogP contribution < -0.4 is 14.8 Å². The van der Waals surface area contributed by atoms with E-state index in [4.69, 9.17) is 14.2 Å². The summed E-state index contributed by atoms with van der Waals surface area (Å²) < 4.78 is 16.9. The van der Waals surface area contributed by atoms with Gasteiger partial charge in [0, 0.05) is 32.4 Å². The summed E-state index contributed by atoms with van der Waals surface area (Å²) in [5.41, 5.74) is 3.67. The molecule has 1 heterocycles. The predicted molar refractivity (Wildman–Crippen MR) is 129 cm³/mol. The molecule has 3 aromatic carbocycles. The molecule has 6 heteroatoms. The topological polar surface area (TPSA) is 60.0 Å². The zero-order valence-corrected chi connectivity index (χ0v) is 19.1. The van der Waals surface area contributed by atoms with Crippen LogP contribution in [0.2, 0.25) is 0 Å². The van der Waals surface area contributed by atoms with Crippen LogP contribution in [0, 0.1) is 0 Å². The van der Waals surface area contributed by atoms with Gasteiger partial charge in [-0.15, -0.1) is 0 Å². The maximum atomic E-state index is 13.3. The highest BCUT2D eigenvalue weighted by Crippen LogP contribution is 2.37. The van der Waals surface area contributed by atoms with Crippen LogP contribution in [0.15, 0.2) is 72.8 Å². The largest absolute Gasteiger partial charge is 0.493 e. The third-order valence-electron chi connectivity index (χ3n) is 5.76. The molecule has 6 nitrogen and oxygen atoms in total. The number of anilines is 1. The number of carbonyl (C=O) groups is 1. The fourth-order valence-electron chi connectivity index (χ4n) is 4.06. The molecule has 0 fully saturated rings. The van der Waals surface area contributed by atoms with E-state index in [1.165, 1.54) is 5.56 Å². The van der Waals surface area contributed by atoms with E-state index in [-0.39, 0.29) is 12.1 Å². The maximum absolute atomic E-state index is 13.3. The summed E-state index contributed by atoms with van der Waals surface area (Å²) >= 11 is 0. The number of nitrogens with zero attached hydrogens (tertiary/aromatic N) is 1. The molecule has 33 heavy (non-hydrogen) atoms. The Kier molecular flexibility index (Phi) is 7.47. The van der Waals surface area contributed by atoms with Crippen LogP contribution in [0.4, 0.5) is 5.69 Å². The van der Waals surface area contributed by atoms with Crippen molar-refractivity contribution in [1.82, 2.24) is 4.90 Å². The molecule has 3 aromatic rings. The van der Waals surface area contributed by atoms with Crippen LogP contribution >= 0.6 is 0 Å². The molecule has 0 saturated heterocycles. The lowest BCUT2D eigenvalue weighted by Gasteiger charge is -2.38. The summed E-state index contributed by atoms with van der Waals surface area (Å²) in [5.74, 6) is 1.34. The molecule has 0 aliphatic carbocycles. The van der Waals surface area contributed by atoms with Gasteiger partial charge in [0.25, 0.3) is 5.91 Å². The highest BCUT2D eigenvalue weighted by Gasteiger charge is 2.32. The standard InChI is InChI=1S/C27H30N2O4/c1-31-17-8-16-29-26(28-23-12-7-6-11-22(23)27(29)30)21-13-14-24(25(19-21)32-2)33-18-15-20-9-4-3-5-10-20/h3-7,9-14,19,26,28H,8,15-18H2,1-2H3. The van der Waals surface area contributed by atoms with Crippen LogP contribution in [-0.2, 0) is 11.2 Å². The molecule has 0 saturated carbocycles. The zero-order valence-electron chi connectivity index (χ0n) is 19.1. The fourth-order valence-corrected chi connectivity index (χ4v) is 4.06. The molecule has 1 aliphatic rings. The molecular weight excluding hydrogens is 416 g/mol. The maximum Gasteiger partial charge on any atom is 0.257 e. The first-order valence-electron chi connectivity index (χ1n) is 11.2. The number of fused-ring (bicyclic) bond motifs is 1. The van der Waals surface area contributed by atoms with Gasteiger partial charge in [-0.3, -0.25) is 4.79 Å². The average Bonchev–Trinajstić information content (AvgIpc) is 2.86. The van der Waals surface area contributed by atoms with E-state index in [0.717, 1.165) is 24.1 Å². The molecule has 172 valence electrons. The molecule has 1 unspecified atom stereocenters. The first kappa shape index (κ1) is 22.7. The van der Waals surface area contributed by atoms with Gasteiger partial charge in [-0.1, -0.05) is 48.5 Å². The average molecular weight is 447 g/mol. The van der Waals surface area contributed by atoms with Crippen molar-refractivity contribution in [3.63, 3.8) is 0 Å². The lowest BCUT2D eigenvalue weighted by atomic mass is 10.0. The Hall–Kier alpha value is -3.51. The predicted octanol–water partition coefficient (Wildman–Crippen LogP) is 4.92. The Morgan fingerprint density at radius 2 is 1.70 bits per heavy atom. The molecule has 4 rings (SSSR count). The second-order valence-electron chi connectivity index (χ2n) is 7.93. The van der Waals surface area contributed by atoms with Gasteiger partial charge < -0.3 is 24.4 Å². The fraction of sp³-hybridized carbons (Fsp3) is 0.296. The number of para-hydroxylation sites is 1. The van der Waals surface area contributed by atoms with Gasteiger partial charge in [0.1, 0.15) is 6.17 Å². The van der Waals surface area contributed by atoms with Crippen molar-refractivity contribution in [2.45, 2.75) is 19.0 Å². The molecule has 1 N–H and O–H groups in total. The monoisotopic (exact) mass is 446 g/mol. The summed E-state index contributed by atoms with van der Waals surface area (Å²) in [6.07, 6.45) is 1.26. The lowest BCUT2D eigenvalue weighted by molar-refractivity contribution is 0.0660. The van der Waals surface area contributed by atoms with Gasteiger partial charge in [-0.25, -0.2) is 0 Å². The van der Waals surface area contributed by atoms with E-state index < -0.39 is 0 Å². The van der Waals surface area contributed by atoms with E-state index >= 15 is 0 Å². The highest BCUT2D eigenvalue weighted by atomic mass is 16.5. The van der Waals surface area contributed by atoms with Crippen molar-refractivity contribution < 1.29 is 19.0 Å².